The lowest BCUT2D eigenvalue weighted by Gasteiger charge is -2.37. The summed E-state index contributed by atoms with van der Waals surface area (Å²) in [6, 6.07) is 4.49. The largest absolute Gasteiger partial charge is 0.444 e. The molecule has 1 atom stereocenters. The third-order valence-corrected chi connectivity index (χ3v) is 3.73. The van der Waals surface area contributed by atoms with Crippen LogP contribution in [0.5, 0.6) is 0 Å². The molecule has 0 N–H and O–H groups in total. The lowest BCUT2D eigenvalue weighted by atomic mass is 10.0. The molecule has 1 heterocycles. The smallest absolute Gasteiger partial charge is 0.410 e. The zero-order valence-corrected chi connectivity index (χ0v) is 14.1. The lowest BCUT2D eigenvalue weighted by molar-refractivity contribution is 0.0122. The van der Waals surface area contributed by atoms with Gasteiger partial charge in [0.05, 0.1) is 11.6 Å². The molecule has 1 aliphatic heterocycles. The molecule has 0 spiro atoms. The maximum atomic E-state index is 13.9. The highest BCUT2D eigenvalue weighted by Gasteiger charge is 2.31. The number of halogens is 2. The van der Waals surface area contributed by atoms with E-state index in [1.165, 1.54) is 11.0 Å². The number of hydrogen-bond donors (Lipinski definition) is 0. The van der Waals surface area contributed by atoms with E-state index in [1.54, 1.807) is 25.7 Å². The minimum atomic E-state index is -1.02. The number of ether oxygens (including phenoxy) is 1. The summed E-state index contributed by atoms with van der Waals surface area (Å²) in [6.07, 6.45) is -0.423. The molecule has 1 amide bonds. The molecule has 7 heteroatoms. The third-order valence-electron chi connectivity index (χ3n) is 3.73. The molecular weight excluding hydrogens is 316 g/mol. The molecule has 1 aromatic rings. The van der Waals surface area contributed by atoms with Crippen LogP contribution >= 0.6 is 0 Å². The molecule has 5 nitrogen and oxygen atoms in total. The monoisotopic (exact) mass is 337 g/mol. The van der Waals surface area contributed by atoms with Gasteiger partial charge >= 0.3 is 6.09 Å². The first-order valence-electron chi connectivity index (χ1n) is 7.78. The fourth-order valence-corrected chi connectivity index (χ4v) is 2.59. The van der Waals surface area contributed by atoms with Crippen LogP contribution in [0.15, 0.2) is 18.2 Å². The van der Waals surface area contributed by atoms with E-state index in [9.17, 15) is 18.8 Å². The van der Waals surface area contributed by atoms with Crippen LogP contribution in [0.1, 0.15) is 32.4 Å². The molecule has 1 aliphatic rings. The van der Waals surface area contributed by atoms with E-state index in [0.717, 1.165) is 12.1 Å². The first-order valence-corrected chi connectivity index (χ1v) is 7.78. The molecule has 0 saturated carbocycles. The summed E-state index contributed by atoms with van der Waals surface area (Å²) in [6.45, 7) is 6.71. The number of hydrogen-bond acceptors (Lipinski definition) is 4. The Kier molecular flexibility index (Phi) is 5.40. The summed E-state index contributed by atoms with van der Waals surface area (Å²) >= 11 is 0. The average molecular weight is 337 g/mol. The van der Waals surface area contributed by atoms with Gasteiger partial charge in [0.15, 0.2) is 0 Å². The first-order chi connectivity index (χ1) is 11.2. The van der Waals surface area contributed by atoms with Crippen molar-refractivity contribution in [3.05, 3.63) is 35.4 Å². The van der Waals surface area contributed by atoms with E-state index in [4.69, 9.17) is 4.74 Å². The van der Waals surface area contributed by atoms with E-state index in [1.807, 2.05) is 6.07 Å². The van der Waals surface area contributed by atoms with Crippen LogP contribution in [0.25, 0.3) is 0 Å². The lowest BCUT2D eigenvalue weighted by Crippen LogP contribution is -2.50. The van der Waals surface area contributed by atoms with Crippen molar-refractivity contribution in [1.82, 2.24) is 9.80 Å². The number of rotatable bonds is 2. The quantitative estimate of drug-likeness (QED) is 0.832. The van der Waals surface area contributed by atoms with Crippen LogP contribution in [0, 0.1) is 23.0 Å². The van der Waals surface area contributed by atoms with Gasteiger partial charge in [-0.1, -0.05) is 6.07 Å². The fraction of sp³-hybridized carbons (Fsp3) is 0.529. The van der Waals surface area contributed by atoms with Gasteiger partial charge in [-0.15, -0.1) is 0 Å². The Morgan fingerprint density at radius 3 is 2.21 bits per heavy atom. The number of nitriles is 1. The molecule has 0 aromatic heterocycles. The Labute approximate surface area is 140 Å². The SMILES string of the molecule is CC(C)(C)OC(=O)N1CCN(C(C#N)c2c(F)cccc2F)CC1. The fourth-order valence-electron chi connectivity index (χ4n) is 2.59. The predicted molar refractivity (Wildman–Crippen MR) is 84.1 cm³/mol. The third kappa shape index (κ3) is 4.20. The van der Waals surface area contributed by atoms with Crippen molar-refractivity contribution in [2.75, 3.05) is 26.2 Å². The minimum absolute atomic E-state index is 0.245. The van der Waals surface area contributed by atoms with Gasteiger partial charge in [0.25, 0.3) is 0 Å². The topological polar surface area (TPSA) is 56.6 Å². The van der Waals surface area contributed by atoms with Gasteiger partial charge in [0.2, 0.25) is 0 Å². The van der Waals surface area contributed by atoms with Crippen LogP contribution in [0.3, 0.4) is 0 Å². The zero-order chi connectivity index (χ0) is 17.9. The van der Waals surface area contributed by atoms with Crippen LogP contribution in [0.2, 0.25) is 0 Å². The van der Waals surface area contributed by atoms with E-state index < -0.39 is 29.4 Å². The summed E-state index contributed by atoms with van der Waals surface area (Å²) in [5.74, 6) is -1.48. The Morgan fingerprint density at radius 1 is 1.21 bits per heavy atom. The number of piperazine rings is 1. The molecular formula is C17H21F2N3O2. The van der Waals surface area contributed by atoms with E-state index in [0.29, 0.717) is 26.2 Å². The van der Waals surface area contributed by atoms with E-state index in [2.05, 4.69) is 0 Å². The summed E-state index contributed by atoms with van der Waals surface area (Å²) in [7, 11) is 0. The normalized spacial score (nSPS) is 17.2. The number of amides is 1. The molecule has 1 aromatic carbocycles. The number of carbonyl (C=O) groups excluding carboxylic acids is 1. The number of nitrogens with zero attached hydrogens (tertiary/aromatic N) is 3. The minimum Gasteiger partial charge on any atom is -0.444 e. The molecule has 1 fully saturated rings. The van der Waals surface area contributed by atoms with Crippen molar-refractivity contribution in [2.24, 2.45) is 0 Å². The molecule has 130 valence electrons. The molecule has 1 unspecified atom stereocenters. The first kappa shape index (κ1) is 18.1. The maximum Gasteiger partial charge on any atom is 0.410 e. The van der Waals surface area contributed by atoms with Crippen LogP contribution in [-0.2, 0) is 4.74 Å². The van der Waals surface area contributed by atoms with Crippen molar-refractivity contribution in [1.29, 1.82) is 5.26 Å². The van der Waals surface area contributed by atoms with Crippen LogP contribution in [-0.4, -0.2) is 47.7 Å². The molecule has 1 saturated heterocycles. The van der Waals surface area contributed by atoms with Gasteiger partial charge in [0.1, 0.15) is 23.3 Å². The standard InChI is InChI=1S/C17H21F2N3O2/c1-17(2,3)24-16(23)22-9-7-21(8-10-22)14(11-20)15-12(18)5-4-6-13(15)19/h4-6,14H,7-10H2,1-3H3. The number of benzene rings is 1. The van der Waals surface area contributed by atoms with E-state index >= 15 is 0 Å². The second-order valence-electron chi connectivity index (χ2n) is 6.67. The molecule has 24 heavy (non-hydrogen) atoms. The highest BCUT2D eigenvalue weighted by atomic mass is 19.1. The van der Waals surface area contributed by atoms with Crippen LogP contribution in [0.4, 0.5) is 13.6 Å². The Morgan fingerprint density at radius 2 is 1.75 bits per heavy atom. The van der Waals surface area contributed by atoms with Crippen LogP contribution < -0.4 is 0 Å². The summed E-state index contributed by atoms with van der Waals surface area (Å²) in [4.78, 5) is 15.2. The second kappa shape index (κ2) is 7.14. The van der Waals surface area contributed by atoms with Crippen molar-refractivity contribution < 1.29 is 18.3 Å². The Bertz CT molecular complexity index is 624. The highest BCUT2D eigenvalue weighted by Crippen LogP contribution is 2.26. The van der Waals surface area contributed by atoms with Crippen molar-refractivity contribution in [3.63, 3.8) is 0 Å². The summed E-state index contributed by atoms with van der Waals surface area (Å²) in [5, 5.41) is 9.38. The molecule has 0 bridgehead atoms. The molecule has 0 aliphatic carbocycles. The molecule has 0 radical (unpaired) electrons. The van der Waals surface area contributed by atoms with Gasteiger partial charge in [-0.3, -0.25) is 4.90 Å². The average Bonchev–Trinajstić information content (AvgIpc) is 2.49. The van der Waals surface area contributed by atoms with E-state index in [-0.39, 0.29) is 5.56 Å². The number of carbonyl (C=O) groups is 1. The summed E-state index contributed by atoms with van der Waals surface area (Å²) < 4.78 is 33.2. The Hall–Kier alpha value is -2.20. The zero-order valence-electron chi connectivity index (χ0n) is 14.1. The Balaban J connectivity index is 2.05. The molecule has 2 rings (SSSR count). The van der Waals surface area contributed by atoms with Gasteiger partial charge in [0, 0.05) is 26.2 Å². The highest BCUT2D eigenvalue weighted by molar-refractivity contribution is 5.68. The summed E-state index contributed by atoms with van der Waals surface area (Å²) in [5.41, 5.74) is -0.828. The van der Waals surface area contributed by atoms with Gasteiger partial charge < -0.3 is 9.64 Å². The van der Waals surface area contributed by atoms with Crippen molar-refractivity contribution in [3.8, 4) is 6.07 Å². The maximum absolute atomic E-state index is 13.9. The van der Waals surface area contributed by atoms with Crippen molar-refractivity contribution in [2.45, 2.75) is 32.4 Å². The van der Waals surface area contributed by atoms with Crippen molar-refractivity contribution >= 4 is 6.09 Å². The van der Waals surface area contributed by atoms with Gasteiger partial charge in [-0.25, -0.2) is 13.6 Å². The second-order valence-corrected chi connectivity index (χ2v) is 6.67. The van der Waals surface area contributed by atoms with Gasteiger partial charge in [-0.2, -0.15) is 5.26 Å². The predicted octanol–water partition coefficient (Wildman–Crippen LogP) is 3.08. The van der Waals surface area contributed by atoms with Gasteiger partial charge in [-0.05, 0) is 32.9 Å².